The minimum absolute atomic E-state index is 0.0759. The van der Waals surface area contributed by atoms with Gasteiger partial charge in [0.2, 0.25) is 11.8 Å². The van der Waals surface area contributed by atoms with Gasteiger partial charge < -0.3 is 24.3 Å². The first-order valence-corrected chi connectivity index (χ1v) is 12.2. The van der Waals surface area contributed by atoms with E-state index in [1.165, 1.54) is 11.3 Å². The first-order chi connectivity index (χ1) is 17.6. The number of nitrogens with one attached hydrogen (secondary N) is 2. The van der Waals surface area contributed by atoms with Gasteiger partial charge in [0.15, 0.2) is 6.10 Å². The number of ether oxygens (including phenoxy) is 4. The number of carbonyl (C=O) groups excluding carboxylic acids is 5. The van der Waals surface area contributed by atoms with E-state index in [1.54, 1.807) is 0 Å². The normalized spacial score (nSPS) is 15.2. The highest BCUT2D eigenvalue weighted by Gasteiger charge is 2.33. The van der Waals surface area contributed by atoms with Crippen molar-refractivity contribution in [1.29, 1.82) is 0 Å². The molecule has 0 aromatic rings. The maximum absolute atomic E-state index is 11.8. The maximum atomic E-state index is 11.8. The van der Waals surface area contributed by atoms with Gasteiger partial charge in [0.05, 0.1) is 51.4 Å². The van der Waals surface area contributed by atoms with Crippen LogP contribution in [0.25, 0.3) is 0 Å². The molecule has 210 valence electrons. The maximum Gasteiger partial charge on any atom is 0.307 e. The molecule has 0 radical (unpaired) electrons. The molecular weight excluding hydrogens is 492 g/mol. The predicted molar refractivity (Wildman–Crippen MR) is 127 cm³/mol. The van der Waals surface area contributed by atoms with Gasteiger partial charge in [-0.3, -0.25) is 29.3 Å². The molecule has 1 unspecified atom stereocenters. The summed E-state index contributed by atoms with van der Waals surface area (Å²) in [6, 6.07) is 0. The average molecular weight is 531 g/mol. The molecule has 0 spiro atoms. The number of amides is 3. The Hall–Kier alpha value is -2.90. The molecular formula is C23H38N4O10. The standard InChI is InChI=1S/C23H38N4O10/c1-23(2,3)37-27(25-17-28)9-5-11-34-13-15-35-14-12-33-10-4-8-24-19(29)6-7-21(31)36-18-16-20(30)26-22(18)32/h18H,4-16H2,1-3H3,(H,24,29)(H,26,30,32). The van der Waals surface area contributed by atoms with Gasteiger partial charge in [0, 0.05) is 26.2 Å². The molecule has 14 nitrogen and oxygen atoms in total. The monoisotopic (exact) mass is 530 g/mol. The van der Waals surface area contributed by atoms with Crippen molar-refractivity contribution in [2.45, 2.75) is 64.6 Å². The van der Waals surface area contributed by atoms with E-state index in [1.807, 2.05) is 26.1 Å². The van der Waals surface area contributed by atoms with Gasteiger partial charge in [-0.15, -0.1) is 0 Å². The molecule has 2 N–H and O–H groups in total. The molecule has 0 aliphatic carbocycles. The Kier molecular flexibility index (Phi) is 15.9. The summed E-state index contributed by atoms with van der Waals surface area (Å²) in [5, 5.41) is 9.41. The molecule has 0 saturated carbocycles. The Balaban J connectivity index is 1.88. The van der Waals surface area contributed by atoms with Crippen molar-refractivity contribution in [2.75, 3.05) is 52.7 Å². The molecule has 1 heterocycles. The fourth-order valence-corrected chi connectivity index (χ4v) is 2.87. The summed E-state index contributed by atoms with van der Waals surface area (Å²) in [6.07, 6.45) is 1.11. The van der Waals surface area contributed by atoms with Gasteiger partial charge in [0.1, 0.15) is 0 Å². The highest BCUT2D eigenvalue weighted by atomic mass is 16.7. The van der Waals surface area contributed by atoms with Gasteiger partial charge in [-0.05, 0) is 33.6 Å². The van der Waals surface area contributed by atoms with Crippen molar-refractivity contribution >= 4 is 29.8 Å². The van der Waals surface area contributed by atoms with Crippen LogP contribution in [0.5, 0.6) is 0 Å². The zero-order chi connectivity index (χ0) is 27.5. The number of imide groups is 1. The second kappa shape index (κ2) is 18.4. The van der Waals surface area contributed by atoms with E-state index in [0.717, 1.165) is 0 Å². The third-order valence-corrected chi connectivity index (χ3v) is 4.46. The fraction of sp³-hybridized carbons (Fsp3) is 0.783. The van der Waals surface area contributed by atoms with Crippen LogP contribution in [0.3, 0.4) is 0 Å². The second-order valence-corrected chi connectivity index (χ2v) is 8.96. The number of rotatable bonds is 20. The van der Waals surface area contributed by atoms with E-state index in [2.05, 4.69) is 10.4 Å². The van der Waals surface area contributed by atoms with Gasteiger partial charge in [-0.25, -0.2) is 4.79 Å². The van der Waals surface area contributed by atoms with E-state index in [0.29, 0.717) is 65.6 Å². The molecule has 1 saturated heterocycles. The Morgan fingerprint density at radius 1 is 1.03 bits per heavy atom. The molecule has 0 bridgehead atoms. The van der Waals surface area contributed by atoms with Gasteiger partial charge >= 0.3 is 5.97 Å². The van der Waals surface area contributed by atoms with Crippen molar-refractivity contribution in [2.24, 2.45) is 5.10 Å². The summed E-state index contributed by atoms with van der Waals surface area (Å²) in [4.78, 5) is 61.8. The first kappa shape index (κ1) is 32.1. The molecule has 1 atom stereocenters. The fourth-order valence-electron chi connectivity index (χ4n) is 2.87. The Labute approximate surface area is 216 Å². The first-order valence-electron chi connectivity index (χ1n) is 12.2. The van der Waals surface area contributed by atoms with Crippen LogP contribution >= 0.6 is 0 Å². The van der Waals surface area contributed by atoms with Crippen LogP contribution in [-0.4, -0.2) is 99.4 Å². The number of hydrogen-bond donors (Lipinski definition) is 2. The van der Waals surface area contributed by atoms with E-state index in [4.69, 9.17) is 23.8 Å². The lowest BCUT2D eigenvalue weighted by Gasteiger charge is -2.25. The van der Waals surface area contributed by atoms with E-state index < -0.39 is 29.5 Å². The molecule has 37 heavy (non-hydrogen) atoms. The van der Waals surface area contributed by atoms with Crippen molar-refractivity contribution in [3.63, 3.8) is 0 Å². The highest BCUT2D eigenvalue weighted by molar-refractivity contribution is 6.05. The lowest BCUT2D eigenvalue weighted by Crippen LogP contribution is -2.31. The summed E-state index contributed by atoms with van der Waals surface area (Å²) >= 11 is 0. The molecule has 1 aliphatic rings. The largest absolute Gasteiger partial charge is 0.452 e. The van der Waals surface area contributed by atoms with Gasteiger partial charge in [-0.1, -0.05) is 5.10 Å². The lowest BCUT2D eigenvalue weighted by molar-refractivity contribution is -0.230. The SMILES string of the molecule is CC(C)(C)ON(CCCOCCOCCOCCCNC(=O)CCC(=O)OC1CC(=O)NC1=O)N=C=O. The van der Waals surface area contributed by atoms with Crippen LogP contribution in [0.4, 0.5) is 0 Å². The molecule has 1 aliphatic heterocycles. The van der Waals surface area contributed by atoms with Crippen LogP contribution in [0.1, 0.15) is 52.9 Å². The quantitative estimate of drug-likeness (QED) is 0.0540. The predicted octanol–water partition coefficient (Wildman–Crippen LogP) is -0.0460. The number of isocyanates is 1. The van der Waals surface area contributed by atoms with Crippen molar-refractivity contribution in [3.05, 3.63) is 0 Å². The number of esters is 1. The van der Waals surface area contributed by atoms with Gasteiger partial charge in [-0.2, -0.15) is 5.17 Å². The van der Waals surface area contributed by atoms with E-state index >= 15 is 0 Å². The van der Waals surface area contributed by atoms with Crippen LogP contribution in [-0.2, 0) is 47.8 Å². The summed E-state index contributed by atoms with van der Waals surface area (Å²) in [5.41, 5.74) is -0.468. The molecule has 1 rings (SSSR count). The highest BCUT2D eigenvalue weighted by Crippen LogP contribution is 2.11. The smallest absolute Gasteiger partial charge is 0.307 e. The number of carbonyl (C=O) groups is 4. The third kappa shape index (κ3) is 17.2. The van der Waals surface area contributed by atoms with Crippen LogP contribution < -0.4 is 10.6 Å². The van der Waals surface area contributed by atoms with E-state index in [9.17, 15) is 24.0 Å². The zero-order valence-electron chi connectivity index (χ0n) is 21.7. The Morgan fingerprint density at radius 2 is 1.65 bits per heavy atom. The van der Waals surface area contributed by atoms with Gasteiger partial charge in [0.25, 0.3) is 12.0 Å². The minimum Gasteiger partial charge on any atom is -0.452 e. The molecule has 3 amide bonds. The van der Waals surface area contributed by atoms with Crippen molar-refractivity contribution in [3.8, 4) is 0 Å². The summed E-state index contributed by atoms with van der Waals surface area (Å²) in [6.45, 7) is 8.89. The molecule has 1 fully saturated rings. The summed E-state index contributed by atoms with van der Waals surface area (Å²) < 4.78 is 21.2. The number of hydrazone groups is 1. The Morgan fingerprint density at radius 3 is 2.22 bits per heavy atom. The Bertz CT molecular complexity index is 780. The number of hydroxylamine groups is 1. The summed E-state index contributed by atoms with van der Waals surface area (Å²) in [7, 11) is 0. The minimum atomic E-state index is -1.11. The lowest BCUT2D eigenvalue weighted by atomic mass is 10.2. The van der Waals surface area contributed by atoms with E-state index in [-0.39, 0.29) is 25.2 Å². The molecule has 14 heteroatoms. The zero-order valence-corrected chi connectivity index (χ0v) is 21.7. The summed E-state index contributed by atoms with van der Waals surface area (Å²) in [5.74, 6) is -2.16. The van der Waals surface area contributed by atoms with Crippen LogP contribution in [0.2, 0.25) is 0 Å². The molecule has 0 aromatic heterocycles. The second-order valence-electron chi connectivity index (χ2n) is 8.96. The molecule has 0 aromatic carbocycles. The number of hydrogen-bond acceptors (Lipinski definition) is 12. The average Bonchev–Trinajstić information content (AvgIpc) is 3.13. The number of nitrogens with zero attached hydrogens (tertiary/aromatic N) is 2. The van der Waals surface area contributed by atoms with Crippen LogP contribution in [0.15, 0.2) is 5.10 Å². The van der Waals surface area contributed by atoms with Crippen molar-refractivity contribution in [1.82, 2.24) is 15.8 Å². The van der Waals surface area contributed by atoms with Crippen molar-refractivity contribution < 1.29 is 47.8 Å². The third-order valence-electron chi connectivity index (χ3n) is 4.46. The topological polar surface area (TPSA) is 171 Å². The van der Waals surface area contributed by atoms with Crippen LogP contribution in [0, 0.1) is 0 Å².